The monoisotopic (exact) mass is 351 g/mol. The lowest BCUT2D eigenvalue weighted by Gasteiger charge is -2.19. The van der Waals surface area contributed by atoms with Gasteiger partial charge in [-0.1, -0.05) is 23.7 Å². The van der Waals surface area contributed by atoms with E-state index in [4.69, 9.17) is 11.6 Å². The molecule has 2 unspecified atom stereocenters. The van der Waals surface area contributed by atoms with Gasteiger partial charge in [-0.25, -0.2) is 10.2 Å². The second kappa shape index (κ2) is 7.16. The van der Waals surface area contributed by atoms with E-state index >= 15 is 0 Å². The first-order valence-corrected chi connectivity index (χ1v) is 8.04. The molecule has 2 fully saturated rings. The summed E-state index contributed by atoms with van der Waals surface area (Å²) >= 11 is 5.89. The zero-order chi connectivity index (χ0) is 17.1. The Bertz CT molecular complexity index is 635. The van der Waals surface area contributed by atoms with E-state index in [0.717, 1.165) is 10.5 Å². The van der Waals surface area contributed by atoms with Gasteiger partial charge in [-0.15, -0.1) is 0 Å². The van der Waals surface area contributed by atoms with Crippen molar-refractivity contribution >= 4 is 29.4 Å². The Morgan fingerprint density at radius 3 is 2.71 bits per heavy atom. The van der Waals surface area contributed by atoms with Gasteiger partial charge in [0.15, 0.2) is 0 Å². The van der Waals surface area contributed by atoms with Gasteiger partial charge in [0, 0.05) is 24.7 Å². The smallest absolute Gasteiger partial charge is 0.324 e. The van der Waals surface area contributed by atoms with E-state index in [1.165, 1.54) is 0 Å². The van der Waals surface area contributed by atoms with Gasteiger partial charge in [-0.2, -0.15) is 0 Å². The summed E-state index contributed by atoms with van der Waals surface area (Å²) in [5.74, 6) is -0.716. The van der Waals surface area contributed by atoms with Crippen LogP contribution in [0.1, 0.15) is 11.6 Å². The molecule has 1 aromatic rings. The van der Waals surface area contributed by atoms with Gasteiger partial charge in [0.2, 0.25) is 11.8 Å². The molecule has 0 spiro atoms. The highest BCUT2D eigenvalue weighted by Gasteiger charge is 2.34. The van der Waals surface area contributed by atoms with E-state index in [1.807, 2.05) is 12.1 Å². The molecular formula is C15H18ClN5O3. The van der Waals surface area contributed by atoms with Gasteiger partial charge in [0.25, 0.3) is 0 Å². The van der Waals surface area contributed by atoms with Crippen LogP contribution in [-0.4, -0.2) is 48.9 Å². The third-order valence-electron chi connectivity index (χ3n) is 4.12. The van der Waals surface area contributed by atoms with Gasteiger partial charge in [-0.05, 0) is 17.7 Å². The number of hydrogen-bond donors (Lipinski definition) is 4. The second-order valence-electron chi connectivity index (χ2n) is 5.66. The Morgan fingerprint density at radius 1 is 1.29 bits per heavy atom. The summed E-state index contributed by atoms with van der Waals surface area (Å²) in [4.78, 5) is 36.4. The minimum Gasteiger partial charge on any atom is -0.354 e. The molecule has 3 rings (SSSR count). The van der Waals surface area contributed by atoms with Gasteiger partial charge in [0.1, 0.15) is 0 Å². The van der Waals surface area contributed by atoms with Crippen molar-refractivity contribution in [1.29, 1.82) is 0 Å². The zero-order valence-corrected chi connectivity index (χ0v) is 13.6. The summed E-state index contributed by atoms with van der Waals surface area (Å²) in [5, 5.41) is 5.86. The molecular weight excluding hydrogens is 334 g/mol. The van der Waals surface area contributed by atoms with Crippen LogP contribution in [-0.2, 0) is 9.59 Å². The molecule has 2 aliphatic rings. The largest absolute Gasteiger partial charge is 0.354 e. The fourth-order valence-electron chi connectivity index (χ4n) is 2.83. The average Bonchev–Trinajstić information content (AvgIpc) is 3.17. The minimum atomic E-state index is -0.419. The molecule has 0 aromatic heterocycles. The maximum Gasteiger partial charge on any atom is 0.324 e. The van der Waals surface area contributed by atoms with E-state index in [9.17, 15) is 14.4 Å². The van der Waals surface area contributed by atoms with Crippen molar-refractivity contribution in [2.24, 2.45) is 5.92 Å². The molecule has 2 atom stereocenters. The van der Waals surface area contributed by atoms with Crippen LogP contribution in [0.5, 0.6) is 0 Å². The van der Waals surface area contributed by atoms with Crippen LogP contribution < -0.4 is 21.5 Å². The summed E-state index contributed by atoms with van der Waals surface area (Å²) in [6.07, 6.45) is 0. The quantitative estimate of drug-likeness (QED) is 0.549. The normalized spacial score (nSPS) is 23.5. The molecule has 2 heterocycles. The number of nitrogens with zero attached hydrogens (tertiary/aromatic N) is 1. The maximum atomic E-state index is 12.4. The molecule has 128 valence electrons. The highest BCUT2D eigenvalue weighted by molar-refractivity contribution is 6.30. The average molecular weight is 352 g/mol. The third-order valence-corrected chi connectivity index (χ3v) is 4.37. The number of urea groups is 1. The van der Waals surface area contributed by atoms with Crippen molar-refractivity contribution in [3.05, 3.63) is 34.9 Å². The molecule has 0 saturated carbocycles. The highest BCUT2D eigenvalue weighted by Crippen LogP contribution is 2.26. The number of halogens is 1. The second-order valence-corrected chi connectivity index (χ2v) is 6.09. The number of rotatable bonds is 5. The van der Waals surface area contributed by atoms with Gasteiger partial charge < -0.3 is 10.6 Å². The minimum absolute atomic E-state index is 0.0158. The van der Waals surface area contributed by atoms with Gasteiger partial charge >= 0.3 is 6.03 Å². The van der Waals surface area contributed by atoms with Crippen LogP contribution >= 0.6 is 11.6 Å². The Kier molecular flexibility index (Phi) is 4.98. The molecule has 0 aliphatic carbocycles. The SMILES string of the molecule is O=C(NCCN1C(=O)CNC1=O)C1CNNC1c1ccc(Cl)cc1. The van der Waals surface area contributed by atoms with Crippen LogP contribution in [0.2, 0.25) is 5.02 Å². The summed E-state index contributed by atoms with van der Waals surface area (Å²) in [5.41, 5.74) is 7.03. The molecule has 4 N–H and O–H groups in total. The number of hydrazine groups is 1. The molecule has 9 heteroatoms. The first kappa shape index (κ1) is 16.7. The van der Waals surface area contributed by atoms with Crippen molar-refractivity contribution in [2.75, 3.05) is 26.2 Å². The van der Waals surface area contributed by atoms with Crippen LogP contribution in [0.25, 0.3) is 0 Å². The summed E-state index contributed by atoms with van der Waals surface area (Å²) in [6, 6.07) is 6.73. The first-order valence-electron chi connectivity index (χ1n) is 7.66. The molecule has 0 radical (unpaired) electrons. The molecule has 1 aromatic carbocycles. The number of carbonyl (C=O) groups is 3. The third kappa shape index (κ3) is 3.50. The van der Waals surface area contributed by atoms with Crippen molar-refractivity contribution in [3.8, 4) is 0 Å². The van der Waals surface area contributed by atoms with Gasteiger partial charge in [0.05, 0.1) is 18.5 Å². The molecule has 2 aliphatic heterocycles. The Morgan fingerprint density at radius 2 is 2.04 bits per heavy atom. The number of amides is 4. The fraction of sp³-hybridized carbons (Fsp3) is 0.400. The van der Waals surface area contributed by atoms with Crippen molar-refractivity contribution in [3.63, 3.8) is 0 Å². The lowest BCUT2D eigenvalue weighted by Crippen LogP contribution is -2.41. The first-order chi connectivity index (χ1) is 11.6. The highest BCUT2D eigenvalue weighted by atomic mass is 35.5. The summed E-state index contributed by atoms with van der Waals surface area (Å²) in [7, 11) is 0. The molecule has 8 nitrogen and oxygen atoms in total. The molecule has 4 amide bonds. The predicted molar refractivity (Wildman–Crippen MR) is 86.9 cm³/mol. The van der Waals surface area contributed by atoms with E-state index < -0.39 is 6.03 Å². The van der Waals surface area contributed by atoms with Crippen molar-refractivity contribution in [2.45, 2.75) is 6.04 Å². The van der Waals surface area contributed by atoms with Crippen LogP contribution in [0.4, 0.5) is 4.79 Å². The molecule has 24 heavy (non-hydrogen) atoms. The number of nitrogens with one attached hydrogen (secondary N) is 4. The number of benzene rings is 1. The topological polar surface area (TPSA) is 103 Å². The number of imide groups is 1. The van der Waals surface area contributed by atoms with Gasteiger partial charge in [-0.3, -0.25) is 19.9 Å². The van der Waals surface area contributed by atoms with Crippen LogP contribution in [0.3, 0.4) is 0 Å². The molecule has 0 bridgehead atoms. The zero-order valence-electron chi connectivity index (χ0n) is 12.8. The van der Waals surface area contributed by atoms with E-state index in [1.54, 1.807) is 12.1 Å². The number of hydrogen-bond acceptors (Lipinski definition) is 5. The van der Waals surface area contributed by atoms with Crippen LogP contribution in [0, 0.1) is 5.92 Å². The summed E-state index contributed by atoms with van der Waals surface area (Å²) < 4.78 is 0. The maximum absolute atomic E-state index is 12.4. The Balaban J connectivity index is 1.55. The van der Waals surface area contributed by atoms with Crippen molar-refractivity contribution < 1.29 is 14.4 Å². The predicted octanol–water partition coefficient (Wildman–Crippen LogP) is -0.227. The lowest BCUT2D eigenvalue weighted by atomic mass is 9.94. The Labute approximate surface area is 143 Å². The van der Waals surface area contributed by atoms with Crippen LogP contribution in [0.15, 0.2) is 24.3 Å². The van der Waals surface area contributed by atoms with E-state index in [0.29, 0.717) is 11.6 Å². The van der Waals surface area contributed by atoms with E-state index in [2.05, 4.69) is 21.5 Å². The lowest BCUT2D eigenvalue weighted by molar-refractivity contribution is -0.127. The van der Waals surface area contributed by atoms with E-state index in [-0.39, 0.29) is 43.4 Å². The Hall–Kier alpha value is -2.16. The fourth-order valence-corrected chi connectivity index (χ4v) is 2.96. The summed E-state index contributed by atoms with van der Waals surface area (Å²) in [6.45, 7) is 0.890. The van der Waals surface area contributed by atoms with Crippen molar-refractivity contribution in [1.82, 2.24) is 26.4 Å². The molecule has 2 saturated heterocycles. The standard InChI is InChI=1S/C15H18ClN5O3/c16-10-3-1-9(2-4-10)13-11(7-19-20-13)14(23)17-5-6-21-12(22)8-18-15(21)24/h1-4,11,13,19-20H,5-8H2,(H,17,23)(H,18,24). The number of carbonyl (C=O) groups excluding carboxylic acids is 3.